The van der Waals surface area contributed by atoms with E-state index in [1.807, 2.05) is 31.2 Å². The Hall–Kier alpha value is -2.50. The van der Waals surface area contributed by atoms with E-state index in [9.17, 15) is 8.42 Å². The van der Waals surface area contributed by atoms with Crippen LogP contribution in [0.2, 0.25) is 5.02 Å². The largest absolute Gasteiger partial charge is 0.497 e. The Morgan fingerprint density at radius 2 is 1.63 bits per heavy atom. The number of ether oxygens (including phenoxy) is 1. The highest BCUT2D eigenvalue weighted by Crippen LogP contribution is 2.29. The van der Waals surface area contributed by atoms with Crippen molar-refractivity contribution in [3.63, 3.8) is 0 Å². The summed E-state index contributed by atoms with van der Waals surface area (Å²) in [6.45, 7) is 2.20. The molecule has 3 rings (SSSR count). The number of halogens is 1. The van der Waals surface area contributed by atoms with Crippen LogP contribution in [0.1, 0.15) is 11.1 Å². The summed E-state index contributed by atoms with van der Waals surface area (Å²) < 4.78 is 33.4. The monoisotopic (exact) mass is 401 g/mol. The number of anilines is 1. The maximum Gasteiger partial charge on any atom is 0.264 e. The number of aryl methyl sites for hydroxylation is 1. The van der Waals surface area contributed by atoms with Gasteiger partial charge in [-0.05, 0) is 48.9 Å². The molecule has 0 spiro atoms. The van der Waals surface area contributed by atoms with Crippen molar-refractivity contribution < 1.29 is 13.2 Å². The summed E-state index contributed by atoms with van der Waals surface area (Å²) >= 11 is 5.92. The van der Waals surface area contributed by atoms with Gasteiger partial charge in [0.05, 0.1) is 24.2 Å². The van der Waals surface area contributed by atoms with E-state index >= 15 is 0 Å². The molecule has 0 atom stereocenters. The van der Waals surface area contributed by atoms with Gasteiger partial charge in [-0.15, -0.1) is 0 Å². The van der Waals surface area contributed by atoms with Crippen LogP contribution in [0.15, 0.2) is 77.7 Å². The number of sulfonamides is 1. The molecule has 3 aromatic rings. The van der Waals surface area contributed by atoms with E-state index in [2.05, 4.69) is 0 Å². The fraction of sp³-hybridized carbons (Fsp3) is 0.143. The Labute approximate surface area is 165 Å². The molecule has 4 nitrogen and oxygen atoms in total. The highest BCUT2D eigenvalue weighted by molar-refractivity contribution is 7.92. The average Bonchev–Trinajstić information content (AvgIpc) is 2.67. The van der Waals surface area contributed by atoms with E-state index in [0.29, 0.717) is 16.5 Å². The lowest BCUT2D eigenvalue weighted by Crippen LogP contribution is -2.30. The van der Waals surface area contributed by atoms with Gasteiger partial charge in [0.15, 0.2) is 0 Å². The lowest BCUT2D eigenvalue weighted by Gasteiger charge is -2.25. The molecule has 27 heavy (non-hydrogen) atoms. The zero-order valence-corrected chi connectivity index (χ0v) is 16.7. The third-order valence-electron chi connectivity index (χ3n) is 4.19. The van der Waals surface area contributed by atoms with Crippen LogP contribution < -0.4 is 9.04 Å². The maximum atomic E-state index is 13.4. The van der Waals surface area contributed by atoms with E-state index in [4.69, 9.17) is 16.3 Å². The summed E-state index contributed by atoms with van der Waals surface area (Å²) in [4.78, 5) is 0.182. The average molecular weight is 402 g/mol. The van der Waals surface area contributed by atoms with Crippen LogP contribution in [0.4, 0.5) is 5.69 Å². The molecule has 0 unspecified atom stereocenters. The number of benzene rings is 3. The second-order valence-corrected chi connectivity index (χ2v) is 8.45. The van der Waals surface area contributed by atoms with Gasteiger partial charge in [-0.1, -0.05) is 47.5 Å². The predicted octanol–water partition coefficient (Wildman–Crippen LogP) is 5.05. The molecule has 0 saturated heterocycles. The van der Waals surface area contributed by atoms with Crippen molar-refractivity contribution in [1.82, 2.24) is 0 Å². The lowest BCUT2D eigenvalue weighted by atomic mass is 10.1. The summed E-state index contributed by atoms with van der Waals surface area (Å²) in [5.41, 5.74) is 2.54. The van der Waals surface area contributed by atoms with Gasteiger partial charge in [-0.2, -0.15) is 0 Å². The standard InChI is InChI=1S/C21H20ClNO3S/c1-16-6-8-17(9-7-16)15-23(19-4-3-5-20(14-19)26-2)27(24,25)21-12-10-18(22)11-13-21/h3-14H,15H2,1-2H3. The molecule has 0 aliphatic heterocycles. The maximum absolute atomic E-state index is 13.4. The van der Waals surface area contributed by atoms with Crippen LogP contribution in [0.25, 0.3) is 0 Å². The fourth-order valence-corrected chi connectivity index (χ4v) is 4.24. The van der Waals surface area contributed by atoms with E-state index < -0.39 is 10.0 Å². The Morgan fingerprint density at radius 1 is 0.963 bits per heavy atom. The first-order valence-corrected chi connectivity index (χ1v) is 10.2. The van der Waals surface area contributed by atoms with Crippen LogP contribution in [0.5, 0.6) is 5.75 Å². The number of methoxy groups -OCH3 is 1. The van der Waals surface area contributed by atoms with Crippen molar-refractivity contribution in [2.45, 2.75) is 18.4 Å². The minimum Gasteiger partial charge on any atom is -0.497 e. The summed E-state index contributed by atoms with van der Waals surface area (Å²) in [5.74, 6) is 0.590. The van der Waals surface area contributed by atoms with Gasteiger partial charge in [0.1, 0.15) is 5.75 Å². The first kappa shape index (κ1) is 19.3. The van der Waals surface area contributed by atoms with Crippen LogP contribution in [-0.2, 0) is 16.6 Å². The molecule has 0 aliphatic carbocycles. The van der Waals surface area contributed by atoms with Crippen LogP contribution in [0, 0.1) is 6.92 Å². The Bertz CT molecular complexity index is 1020. The topological polar surface area (TPSA) is 46.6 Å². The van der Waals surface area contributed by atoms with Gasteiger partial charge in [0, 0.05) is 11.1 Å². The van der Waals surface area contributed by atoms with Crippen molar-refractivity contribution in [3.8, 4) is 5.75 Å². The smallest absolute Gasteiger partial charge is 0.264 e. The summed E-state index contributed by atoms with van der Waals surface area (Å²) in [7, 11) is -2.23. The third kappa shape index (κ3) is 4.43. The zero-order valence-electron chi connectivity index (χ0n) is 15.1. The molecule has 140 valence electrons. The molecule has 0 aromatic heterocycles. The van der Waals surface area contributed by atoms with Crippen LogP contribution >= 0.6 is 11.6 Å². The van der Waals surface area contributed by atoms with Gasteiger partial charge >= 0.3 is 0 Å². The van der Waals surface area contributed by atoms with E-state index in [-0.39, 0.29) is 11.4 Å². The summed E-state index contributed by atoms with van der Waals surface area (Å²) in [6.07, 6.45) is 0. The molecule has 0 heterocycles. The molecule has 0 aliphatic rings. The number of hydrogen-bond donors (Lipinski definition) is 0. The van der Waals surface area contributed by atoms with Crippen molar-refractivity contribution in [1.29, 1.82) is 0 Å². The Balaban J connectivity index is 2.08. The molecule has 3 aromatic carbocycles. The quantitative estimate of drug-likeness (QED) is 0.580. The molecular formula is C21H20ClNO3S. The summed E-state index contributed by atoms with van der Waals surface area (Å²) in [5, 5.41) is 0.486. The second-order valence-electron chi connectivity index (χ2n) is 6.15. The van der Waals surface area contributed by atoms with Crippen molar-refractivity contribution in [2.75, 3.05) is 11.4 Å². The van der Waals surface area contributed by atoms with E-state index in [1.54, 1.807) is 43.5 Å². The first-order chi connectivity index (χ1) is 12.9. The van der Waals surface area contributed by atoms with Crippen molar-refractivity contribution >= 4 is 27.3 Å². The third-order valence-corrected chi connectivity index (χ3v) is 6.23. The van der Waals surface area contributed by atoms with Crippen LogP contribution in [-0.4, -0.2) is 15.5 Å². The number of rotatable bonds is 6. The van der Waals surface area contributed by atoms with Gasteiger partial charge < -0.3 is 4.74 Å². The molecule has 0 bridgehead atoms. The van der Waals surface area contributed by atoms with Gasteiger partial charge in [-0.25, -0.2) is 8.42 Å². The molecule has 0 N–H and O–H groups in total. The predicted molar refractivity (Wildman–Crippen MR) is 109 cm³/mol. The van der Waals surface area contributed by atoms with Gasteiger partial charge in [0.2, 0.25) is 0 Å². The summed E-state index contributed by atoms with van der Waals surface area (Å²) in [6, 6.07) is 21.0. The molecule has 0 fully saturated rings. The normalized spacial score (nSPS) is 11.2. The highest BCUT2D eigenvalue weighted by atomic mass is 35.5. The SMILES string of the molecule is COc1cccc(N(Cc2ccc(C)cc2)S(=O)(=O)c2ccc(Cl)cc2)c1. The van der Waals surface area contributed by atoms with Gasteiger partial charge in [-0.3, -0.25) is 4.31 Å². The van der Waals surface area contributed by atoms with Gasteiger partial charge in [0.25, 0.3) is 10.0 Å². The van der Waals surface area contributed by atoms with Crippen LogP contribution in [0.3, 0.4) is 0 Å². The molecule has 0 saturated carbocycles. The molecular weight excluding hydrogens is 382 g/mol. The Kier molecular flexibility index (Phi) is 5.73. The zero-order chi connectivity index (χ0) is 19.4. The minimum absolute atomic E-state index is 0.182. The molecule has 0 amide bonds. The van der Waals surface area contributed by atoms with Crippen molar-refractivity contribution in [2.24, 2.45) is 0 Å². The Morgan fingerprint density at radius 3 is 2.26 bits per heavy atom. The minimum atomic E-state index is -3.79. The van der Waals surface area contributed by atoms with Crippen molar-refractivity contribution in [3.05, 3.63) is 88.9 Å². The fourth-order valence-electron chi connectivity index (χ4n) is 2.67. The number of nitrogens with zero attached hydrogens (tertiary/aromatic N) is 1. The van der Waals surface area contributed by atoms with E-state index in [1.165, 1.54) is 16.4 Å². The second kappa shape index (κ2) is 8.03. The molecule has 0 radical (unpaired) electrons. The first-order valence-electron chi connectivity index (χ1n) is 8.38. The molecule has 6 heteroatoms. The highest BCUT2D eigenvalue weighted by Gasteiger charge is 2.25. The lowest BCUT2D eigenvalue weighted by molar-refractivity contribution is 0.415. The van der Waals surface area contributed by atoms with E-state index in [0.717, 1.165) is 11.1 Å². The number of hydrogen-bond acceptors (Lipinski definition) is 3.